The Hall–Kier alpha value is -3.50. The largest absolute Gasteiger partial charge is 0.480 e. The van der Waals surface area contributed by atoms with E-state index in [4.69, 9.17) is 14.5 Å². The quantitative estimate of drug-likeness (QED) is 0.333. The molecule has 10 nitrogen and oxygen atoms in total. The third kappa shape index (κ3) is 6.08. The van der Waals surface area contributed by atoms with Gasteiger partial charge in [-0.1, -0.05) is 6.07 Å². The van der Waals surface area contributed by atoms with Crippen molar-refractivity contribution in [2.45, 2.75) is 58.8 Å². The van der Waals surface area contributed by atoms with Crippen molar-refractivity contribution in [3.63, 3.8) is 0 Å². The summed E-state index contributed by atoms with van der Waals surface area (Å²) < 4.78 is 14.5. The van der Waals surface area contributed by atoms with Crippen LogP contribution in [0.2, 0.25) is 0 Å². The standard InChI is InChI=1S/C27H34N4O6/c1-16(2)37-27(35)23(26(33)34)28-12-18-7-8-22-21(11-18)29-24(20-10-17(3)25(32)30(4)14-20)31(22)13-19-6-5-9-36-15-19/h7-8,10-11,14,16,19,23,28H,5-6,9,12-13,15H2,1-4H3,(H,33,34)/t19?,23-/m1/s1. The highest BCUT2D eigenvalue weighted by molar-refractivity contribution is 5.98. The van der Waals surface area contributed by atoms with Gasteiger partial charge in [-0.3, -0.25) is 10.1 Å². The Bertz CT molecular complexity index is 1330. The fraction of sp³-hybridized carbons (Fsp3) is 0.481. The van der Waals surface area contributed by atoms with Gasteiger partial charge in [-0.25, -0.2) is 14.6 Å². The average molecular weight is 511 g/mol. The van der Waals surface area contributed by atoms with Gasteiger partial charge in [0, 0.05) is 50.0 Å². The van der Waals surface area contributed by atoms with E-state index in [1.165, 1.54) is 0 Å². The van der Waals surface area contributed by atoms with Crippen molar-refractivity contribution in [2.75, 3.05) is 13.2 Å². The molecule has 0 aliphatic carbocycles. The number of esters is 1. The molecular weight excluding hydrogens is 476 g/mol. The van der Waals surface area contributed by atoms with Gasteiger partial charge in [0.2, 0.25) is 6.04 Å². The number of carbonyl (C=O) groups excluding carboxylic acids is 1. The minimum absolute atomic E-state index is 0.0515. The molecule has 37 heavy (non-hydrogen) atoms. The van der Waals surface area contributed by atoms with E-state index in [1.54, 1.807) is 38.6 Å². The van der Waals surface area contributed by atoms with E-state index in [1.807, 2.05) is 24.3 Å². The number of carboxylic acid groups (broad SMARTS) is 1. The van der Waals surface area contributed by atoms with Crippen LogP contribution < -0.4 is 10.9 Å². The molecule has 4 rings (SSSR count). The normalized spacial score (nSPS) is 16.7. The Morgan fingerprint density at radius 1 is 1.30 bits per heavy atom. The molecule has 10 heteroatoms. The summed E-state index contributed by atoms with van der Waals surface area (Å²) in [5.41, 5.74) is 3.89. The van der Waals surface area contributed by atoms with Crippen molar-refractivity contribution in [2.24, 2.45) is 13.0 Å². The topological polar surface area (TPSA) is 125 Å². The molecule has 3 heterocycles. The Balaban J connectivity index is 1.68. The van der Waals surface area contributed by atoms with Crippen molar-refractivity contribution in [3.8, 4) is 11.4 Å². The highest BCUT2D eigenvalue weighted by atomic mass is 16.5. The lowest BCUT2D eigenvalue weighted by Crippen LogP contribution is -2.44. The van der Waals surface area contributed by atoms with E-state index in [2.05, 4.69) is 9.88 Å². The van der Waals surface area contributed by atoms with E-state index in [-0.39, 0.29) is 12.1 Å². The van der Waals surface area contributed by atoms with Gasteiger partial charge in [-0.2, -0.15) is 0 Å². The van der Waals surface area contributed by atoms with Gasteiger partial charge in [0.25, 0.3) is 5.56 Å². The molecule has 0 amide bonds. The minimum atomic E-state index is -1.47. The molecule has 0 radical (unpaired) electrons. The van der Waals surface area contributed by atoms with Crippen LogP contribution >= 0.6 is 0 Å². The minimum Gasteiger partial charge on any atom is -0.480 e. The number of nitrogens with one attached hydrogen (secondary N) is 1. The van der Waals surface area contributed by atoms with Gasteiger partial charge >= 0.3 is 11.9 Å². The first-order valence-electron chi connectivity index (χ1n) is 12.5. The summed E-state index contributed by atoms with van der Waals surface area (Å²) in [6, 6.07) is 6.14. The van der Waals surface area contributed by atoms with Crippen LogP contribution in [0, 0.1) is 12.8 Å². The third-order valence-electron chi connectivity index (χ3n) is 6.47. The number of hydrogen-bond acceptors (Lipinski definition) is 7. The summed E-state index contributed by atoms with van der Waals surface area (Å²) in [6.07, 6.45) is 3.47. The fourth-order valence-corrected chi connectivity index (χ4v) is 4.69. The molecule has 1 unspecified atom stereocenters. The molecule has 1 fully saturated rings. The molecule has 2 atom stereocenters. The summed E-state index contributed by atoms with van der Waals surface area (Å²) in [4.78, 5) is 41.0. The lowest BCUT2D eigenvalue weighted by atomic mass is 10.0. The number of aryl methyl sites for hydroxylation is 2. The number of nitrogens with zero attached hydrogens (tertiary/aromatic N) is 3. The predicted octanol–water partition coefficient (Wildman–Crippen LogP) is 2.63. The summed E-state index contributed by atoms with van der Waals surface area (Å²) in [7, 11) is 1.73. The highest BCUT2D eigenvalue weighted by Crippen LogP contribution is 2.28. The zero-order valence-corrected chi connectivity index (χ0v) is 21.7. The maximum atomic E-state index is 12.3. The van der Waals surface area contributed by atoms with Gasteiger partial charge < -0.3 is 23.7 Å². The van der Waals surface area contributed by atoms with Gasteiger partial charge in [0.15, 0.2) is 0 Å². The number of benzene rings is 1. The Morgan fingerprint density at radius 2 is 2.08 bits per heavy atom. The van der Waals surface area contributed by atoms with Gasteiger partial charge in [-0.05, 0) is 57.4 Å². The van der Waals surface area contributed by atoms with E-state index in [9.17, 15) is 19.5 Å². The molecule has 0 saturated carbocycles. The van der Waals surface area contributed by atoms with Crippen LogP contribution in [-0.2, 0) is 39.2 Å². The summed E-state index contributed by atoms with van der Waals surface area (Å²) in [6.45, 7) is 7.49. The summed E-state index contributed by atoms with van der Waals surface area (Å²) in [5.74, 6) is -1.01. The number of fused-ring (bicyclic) bond motifs is 1. The van der Waals surface area contributed by atoms with Gasteiger partial charge in [0.05, 0.1) is 23.7 Å². The number of hydrogen-bond donors (Lipinski definition) is 2. The number of carboxylic acids is 1. The maximum Gasteiger partial charge on any atom is 0.335 e. The van der Waals surface area contributed by atoms with Crippen LogP contribution in [0.15, 0.2) is 35.3 Å². The van der Waals surface area contributed by atoms with Crippen LogP contribution in [0.4, 0.5) is 0 Å². The van der Waals surface area contributed by atoms with Gasteiger partial charge in [0.1, 0.15) is 5.82 Å². The number of aliphatic carboxylic acids is 1. The summed E-state index contributed by atoms with van der Waals surface area (Å²) in [5, 5.41) is 12.3. The third-order valence-corrected chi connectivity index (χ3v) is 6.47. The molecule has 1 aliphatic heterocycles. The molecule has 3 aromatic rings. The average Bonchev–Trinajstić information content (AvgIpc) is 3.19. The molecule has 1 saturated heterocycles. The number of rotatable bonds is 9. The van der Waals surface area contributed by atoms with Crippen molar-refractivity contribution >= 4 is 23.0 Å². The molecule has 0 bridgehead atoms. The van der Waals surface area contributed by atoms with E-state index in [0.29, 0.717) is 18.1 Å². The van der Waals surface area contributed by atoms with Crippen LogP contribution in [-0.4, -0.2) is 56.5 Å². The van der Waals surface area contributed by atoms with Crippen molar-refractivity contribution in [1.82, 2.24) is 19.4 Å². The number of aromatic nitrogens is 3. The van der Waals surface area contributed by atoms with Crippen LogP contribution in [0.3, 0.4) is 0 Å². The van der Waals surface area contributed by atoms with Crippen LogP contribution in [0.5, 0.6) is 0 Å². The first kappa shape index (κ1) is 26.6. The van der Waals surface area contributed by atoms with Crippen LogP contribution in [0.1, 0.15) is 37.8 Å². The van der Waals surface area contributed by atoms with E-state index < -0.39 is 24.1 Å². The molecule has 2 aromatic heterocycles. The van der Waals surface area contributed by atoms with Gasteiger partial charge in [-0.15, -0.1) is 0 Å². The molecule has 0 spiro atoms. The second-order valence-corrected chi connectivity index (χ2v) is 9.92. The van der Waals surface area contributed by atoms with Crippen molar-refractivity contribution in [1.29, 1.82) is 0 Å². The SMILES string of the molecule is Cc1cc(-c2nc3cc(CN[C@H](C(=O)O)C(=O)OC(C)C)ccc3n2CC2CCCOC2)cn(C)c1=O. The number of ether oxygens (including phenoxy) is 2. The molecule has 2 N–H and O–H groups in total. The zero-order valence-electron chi connectivity index (χ0n) is 21.7. The van der Waals surface area contributed by atoms with Crippen molar-refractivity contribution in [3.05, 3.63) is 51.9 Å². The molecule has 1 aliphatic rings. The van der Waals surface area contributed by atoms with Crippen molar-refractivity contribution < 1.29 is 24.2 Å². The zero-order chi connectivity index (χ0) is 26.7. The molecular formula is C27H34N4O6. The van der Waals surface area contributed by atoms with E-state index in [0.717, 1.165) is 54.0 Å². The maximum absolute atomic E-state index is 12.3. The monoisotopic (exact) mass is 510 g/mol. The number of pyridine rings is 1. The highest BCUT2D eigenvalue weighted by Gasteiger charge is 2.28. The predicted molar refractivity (Wildman–Crippen MR) is 138 cm³/mol. The smallest absolute Gasteiger partial charge is 0.335 e. The molecule has 1 aromatic carbocycles. The number of carbonyl (C=O) groups is 2. The Kier molecular flexibility index (Phi) is 8.09. The Morgan fingerprint density at radius 3 is 2.73 bits per heavy atom. The Labute approximate surface area is 215 Å². The second-order valence-electron chi connectivity index (χ2n) is 9.92. The van der Waals surface area contributed by atoms with Crippen LogP contribution in [0.25, 0.3) is 22.4 Å². The summed E-state index contributed by atoms with van der Waals surface area (Å²) >= 11 is 0. The first-order valence-corrected chi connectivity index (χ1v) is 12.5. The number of imidazole rings is 1. The van der Waals surface area contributed by atoms with E-state index >= 15 is 0 Å². The fourth-order valence-electron chi connectivity index (χ4n) is 4.69. The second kappa shape index (κ2) is 11.3. The molecule has 198 valence electrons. The first-order chi connectivity index (χ1) is 17.6. The lowest BCUT2D eigenvalue weighted by molar-refractivity contribution is -0.157. The lowest BCUT2D eigenvalue weighted by Gasteiger charge is -2.23.